The second kappa shape index (κ2) is 6.56. The van der Waals surface area contributed by atoms with E-state index in [9.17, 15) is 9.59 Å². The summed E-state index contributed by atoms with van der Waals surface area (Å²) in [5.74, 6) is -1.10. The number of hydrogen-bond donors (Lipinski definition) is 3. The molecular weight excluding hydrogens is 268 g/mol. The van der Waals surface area contributed by atoms with Crippen LogP contribution >= 0.6 is 0 Å². The van der Waals surface area contributed by atoms with Gasteiger partial charge in [0.2, 0.25) is 0 Å². The van der Waals surface area contributed by atoms with Crippen LogP contribution in [0.1, 0.15) is 22.3 Å². The molecule has 0 aliphatic carbocycles. The van der Waals surface area contributed by atoms with Crippen molar-refractivity contribution in [3.63, 3.8) is 0 Å². The van der Waals surface area contributed by atoms with Crippen molar-refractivity contribution in [2.24, 2.45) is 0 Å². The molecule has 2 aromatic rings. The van der Waals surface area contributed by atoms with Gasteiger partial charge in [-0.05, 0) is 42.3 Å². The molecule has 4 N–H and O–H groups in total. The van der Waals surface area contributed by atoms with Crippen LogP contribution in [0.15, 0.2) is 48.5 Å². The van der Waals surface area contributed by atoms with Crippen molar-refractivity contribution < 1.29 is 14.7 Å². The Labute approximate surface area is 122 Å². The molecule has 0 saturated carbocycles. The summed E-state index contributed by atoms with van der Waals surface area (Å²) < 4.78 is 0. The van der Waals surface area contributed by atoms with Gasteiger partial charge >= 0.3 is 5.97 Å². The molecule has 0 radical (unpaired) electrons. The Hall–Kier alpha value is -2.82. The minimum Gasteiger partial charge on any atom is -0.481 e. The zero-order valence-electron chi connectivity index (χ0n) is 11.4. The van der Waals surface area contributed by atoms with Gasteiger partial charge in [-0.25, -0.2) is 0 Å². The molecule has 0 saturated heterocycles. The van der Waals surface area contributed by atoms with Crippen LogP contribution in [0.25, 0.3) is 0 Å². The van der Waals surface area contributed by atoms with Crippen molar-refractivity contribution in [2.45, 2.75) is 12.8 Å². The van der Waals surface area contributed by atoms with E-state index in [4.69, 9.17) is 10.8 Å². The van der Waals surface area contributed by atoms with Crippen molar-refractivity contribution in [3.05, 3.63) is 59.7 Å². The lowest BCUT2D eigenvalue weighted by molar-refractivity contribution is -0.136. The lowest BCUT2D eigenvalue weighted by atomic mass is 10.1. The molecule has 0 aliphatic rings. The van der Waals surface area contributed by atoms with Crippen molar-refractivity contribution in [1.82, 2.24) is 0 Å². The molecule has 0 atom stereocenters. The Morgan fingerprint density at radius 1 is 1.10 bits per heavy atom. The molecule has 21 heavy (non-hydrogen) atoms. The molecule has 2 aromatic carbocycles. The van der Waals surface area contributed by atoms with Crippen LogP contribution in [0.3, 0.4) is 0 Å². The van der Waals surface area contributed by atoms with Gasteiger partial charge in [0, 0.05) is 23.4 Å². The number of amides is 1. The second-order valence-corrected chi connectivity index (χ2v) is 4.67. The Morgan fingerprint density at radius 3 is 2.57 bits per heavy atom. The van der Waals surface area contributed by atoms with Crippen LogP contribution in [0, 0.1) is 0 Å². The highest BCUT2D eigenvalue weighted by atomic mass is 16.4. The average Bonchev–Trinajstić information content (AvgIpc) is 2.45. The monoisotopic (exact) mass is 284 g/mol. The smallest absolute Gasteiger partial charge is 0.303 e. The van der Waals surface area contributed by atoms with Gasteiger partial charge in [0.05, 0.1) is 0 Å². The molecule has 108 valence electrons. The first kappa shape index (κ1) is 14.6. The number of nitrogens with two attached hydrogens (primary N) is 1. The Kier molecular flexibility index (Phi) is 4.56. The molecule has 0 heterocycles. The number of anilines is 2. The quantitative estimate of drug-likeness (QED) is 0.736. The predicted octanol–water partition coefficient (Wildman–Crippen LogP) is 2.54. The standard InChI is InChI=1S/C16H16N2O3/c17-13-5-2-4-12(10-13)16(21)18-14-6-1-3-11(9-14)7-8-15(19)20/h1-6,9-10H,7-8,17H2,(H,18,21)(H,19,20). The van der Waals surface area contributed by atoms with Crippen LogP contribution in [0.2, 0.25) is 0 Å². The number of aryl methyl sites for hydroxylation is 1. The molecule has 0 bridgehead atoms. The van der Waals surface area contributed by atoms with Crippen molar-refractivity contribution in [1.29, 1.82) is 0 Å². The van der Waals surface area contributed by atoms with Gasteiger partial charge in [-0.1, -0.05) is 18.2 Å². The van der Waals surface area contributed by atoms with Crippen LogP contribution in [-0.4, -0.2) is 17.0 Å². The molecular formula is C16H16N2O3. The molecule has 5 heteroatoms. The van der Waals surface area contributed by atoms with E-state index in [0.29, 0.717) is 23.4 Å². The first-order valence-electron chi connectivity index (χ1n) is 6.52. The normalized spacial score (nSPS) is 10.1. The van der Waals surface area contributed by atoms with Gasteiger partial charge in [-0.3, -0.25) is 9.59 Å². The van der Waals surface area contributed by atoms with E-state index in [1.165, 1.54) is 0 Å². The van der Waals surface area contributed by atoms with Crippen LogP contribution in [0.5, 0.6) is 0 Å². The van der Waals surface area contributed by atoms with E-state index >= 15 is 0 Å². The minimum atomic E-state index is -0.843. The number of carboxylic acids is 1. The fourth-order valence-electron chi connectivity index (χ4n) is 1.94. The number of nitrogens with one attached hydrogen (secondary N) is 1. The third kappa shape index (κ3) is 4.35. The van der Waals surface area contributed by atoms with E-state index in [-0.39, 0.29) is 12.3 Å². The van der Waals surface area contributed by atoms with Gasteiger partial charge < -0.3 is 16.2 Å². The van der Waals surface area contributed by atoms with Crippen molar-refractivity contribution in [3.8, 4) is 0 Å². The highest BCUT2D eigenvalue weighted by Crippen LogP contribution is 2.14. The summed E-state index contributed by atoms with van der Waals surface area (Å²) in [5, 5.41) is 11.5. The number of carbonyl (C=O) groups is 2. The number of carboxylic acid groups (broad SMARTS) is 1. The summed E-state index contributed by atoms with van der Waals surface area (Å²) in [6.45, 7) is 0. The third-order valence-electron chi connectivity index (χ3n) is 2.96. The fourth-order valence-corrected chi connectivity index (χ4v) is 1.94. The van der Waals surface area contributed by atoms with Crippen molar-refractivity contribution in [2.75, 3.05) is 11.1 Å². The predicted molar refractivity (Wildman–Crippen MR) is 81.2 cm³/mol. The minimum absolute atomic E-state index is 0.0621. The fraction of sp³-hybridized carbons (Fsp3) is 0.125. The number of rotatable bonds is 5. The maximum Gasteiger partial charge on any atom is 0.303 e. The number of carbonyl (C=O) groups excluding carboxylic acids is 1. The molecule has 0 fully saturated rings. The van der Waals surface area contributed by atoms with Crippen LogP contribution in [0.4, 0.5) is 11.4 Å². The molecule has 5 nitrogen and oxygen atoms in total. The highest BCUT2D eigenvalue weighted by Gasteiger charge is 2.07. The van der Waals surface area contributed by atoms with Crippen molar-refractivity contribution >= 4 is 23.3 Å². The van der Waals surface area contributed by atoms with Gasteiger partial charge in [0.1, 0.15) is 0 Å². The summed E-state index contributed by atoms with van der Waals surface area (Å²) in [6, 6.07) is 13.9. The van der Waals surface area contributed by atoms with E-state index < -0.39 is 5.97 Å². The van der Waals surface area contributed by atoms with Gasteiger partial charge in [0.25, 0.3) is 5.91 Å². The number of benzene rings is 2. The zero-order valence-corrected chi connectivity index (χ0v) is 11.4. The number of aliphatic carboxylic acids is 1. The average molecular weight is 284 g/mol. The van der Waals surface area contributed by atoms with E-state index in [1.807, 2.05) is 6.07 Å². The Bertz CT molecular complexity index is 668. The summed E-state index contributed by atoms with van der Waals surface area (Å²) in [4.78, 5) is 22.7. The molecule has 1 amide bonds. The lowest BCUT2D eigenvalue weighted by Gasteiger charge is -2.07. The van der Waals surface area contributed by atoms with E-state index in [2.05, 4.69) is 5.32 Å². The van der Waals surface area contributed by atoms with E-state index in [1.54, 1.807) is 42.5 Å². The Balaban J connectivity index is 2.07. The first-order chi connectivity index (χ1) is 10.0. The largest absolute Gasteiger partial charge is 0.481 e. The molecule has 0 unspecified atom stereocenters. The number of hydrogen-bond acceptors (Lipinski definition) is 3. The first-order valence-corrected chi connectivity index (χ1v) is 6.52. The lowest BCUT2D eigenvalue weighted by Crippen LogP contribution is -2.12. The Morgan fingerprint density at radius 2 is 1.86 bits per heavy atom. The van der Waals surface area contributed by atoms with Crippen LogP contribution < -0.4 is 11.1 Å². The second-order valence-electron chi connectivity index (χ2n) is 4.67. The maximum atomic E-state index is 12.1. The molecule has 0 aliphatic heterocycles. The summed E-state index contributed by atoms with van der Waals surface area (Å²) in [7, 11) is 0. The summed E-state index contributed by atoms with van der Waals surface area (Å²) >= 11 is 0. The maximum absolute atomic E-state index is 12.1. The van der Waals surface area contributed by atoms with Gasteiger partial charge in [-0.15, -0.1) is 0 Å². The molecule has 0 aromatic heterocycles. The van der Waals surface area contributed by atoms with Gasteiger partial charge in [0.15, 0.2) is 0 Å². The van der Waals surface area contributed by atoms with Gasteiger partial charge in [-0.2, -0.15) is 0 Å². The summed E-state index contributed by atoms with van der Waals surface area (Å²) in [5.41, 5.74) is 8.14. The number of nitrogen functional groups attached to an aromatic ring is 1. The zero-order chi connectivity index (χ0) is 15.2. The summed E-state index contributed by atoms with van der Waals surface area (Å²) in [6.07, 6.45) is 0.490. The van der Waals surface area contributed by atoms with Crippen LogP contribution in [-0.2, 0) is 11.2 Å². The topological polar surface area (TPSA) is 92.4 Å². The highest BCUT2D eigenvalue weighted by molar-refractivity contribution is 6.04. The third-order valence-corrected chi connectivity index (χ3v) is 2.96. The van der Waals surface area contributed by atoms with E-state index in [0.717, 1.165) is 5.56 Å². The molecule has 0 spiro atoms. The SMILES string of the molecule is Nc1cccc(C(=O)Nc2cccc(CCC(=O)O)c2)c1. The molecule has 2 rings (SSSR count).